The van der Waals surface area contributed by atoms with Crippen molar-refractivity contribution in [3.05, 3.63) is 35.9 Å². The van der Waals surface area contributed by atoms with Gasteiger partial charge in [0.25, 0.3) is 5.91 Å². The van der Waals surface area contributed by atoms with Crippen LogP contribution in [0.25, 0.3) is 0 Å². The van der Waals surface area contributed by atoms with Gasteiger partial charge in [0.1, 0.15) is 30.5 Å². The third kappa shape index (κ3) is 7.68. The topological polar surface area (TPSA) is 184 Å². The van der Waals surface area contributed by atoms with Gasteiger partial charge in [0, 0.05) is 57.6 Å². The van der Waals surface area contributed by atoms with Crippen molar-refractivity contribution in [2.45, 2.75) is 93.7 Å². The van der Waals surface area contributed by atoms with Gasteiger partial charge in [-0.05, 0) is 63.2 Å². The molecule has 14 nitrogen and oxygen atoms in total. The molecule has 5 aliphatic heterocycles. The molecule has 48 heavy (non-hydrogen) atoms. The number of piperidine rings is 2. The van der Waals surface area contributed by atoms with E-state index >= 15 is 0 Å². The number of carbonyl (C=O) groups excluding carboxylic acids is 4. The third-order valence-corrected chi connectivity index (χ3v) is 11.0. The van der Waals surface area contributed by atoms with Crippen LogP contribution < -0.4 is 16.0 Å². The molecule has 5 aliphatic rings. The first-order valence-electron chi connectivity index (χ1n) is 17.4. The second-order valence-electron chi connectivity index (χ2n) is 14.2. The number of fused-ring (bicyclic) bond motifs is 5. The van der Waals surface area contributed by atoms with E-state index in [4.69, 9.17) is 4.74 Å². The van der Waals surface area contributed by atoms with Crippen molar-refractivity contribution in [1.82, 2.24) is 30.7 Å². The molecule has 264 valence electrons. The normalized spacial score (nSPS) is 35.5. The summed E-state index contributed by atoms with van der Waals surface area (Å²) in [6.45, 7) is 2.86. The number of likely N-dealkylation sites (tertiary alicyclic amines) is 1. The third-order valence-electron chi connectivity index (χ3n) is 11.0. The molecule has 1 aromatic rings. The molecule has 4 bridgehead atoms. The molecular formula is C34H50N6O8. The van der Waals surface area contributed by atoms with Crippen molar-refractivity contribution in [3.8, 4) is 0 Å². The molecule has 5 heterocycles. The number of nitrogens with zero attached hydrogens (tertiary/aromatic N) is 3. The minimum atomic E-state index is -1.68. The van der Waals surface area contributed by atoms with Gasteiger partial charge in [-0.25, -0.2) is 0 Å². The average Bonchev–Trinajstić information content (AvgIpc) is 3.51. The van der Waals surface area contributed by atoms with E-state index in [-0.39, 0.29) is 62.3 Å². The van der Waals surface area contributed by atoms with Crippen molar-refractivity contribution in [2.75, 3.05) is 46.3 Å². The molecular weight excluding hydrogens is 620 g/mol. The highest BCUT2D eigenvalue weighted by molar-refractivity contribution is 5.89. The fraction of sp³-hybridized carbons (Fsp3) is 0.706. The van der Waals surface area contributed by atoms with Crippen LogP contribution in [0.2, 0.25) is 0 Å². The van der Waals surface area contributed by atoms with Gasteiger partial charge in [-0.1, -0.05) is 30.3 Å². The summed E-state index contributed by atoms with van der Waals surface area (Å²) in [6, 6.07) is 8.71. The predicted octanol–water partition coefficient (Wildman–Crippen LogP) is -1.82. The zero-order valence-corrected chi connectivity index (χ0v) is 27.6. The van der Waals surface area contributed by atoms with Gasteiger partial charge < -0.3 is 50.7 Å². The number of amides is 4. The highest BCUT2D eigenvalue weighted by Gasteiger charge is 2.50. The van der Waals surface area contributed by atoms with E-state index in [2.05, 4.69) is 27.9 Å². The first kappa shape index (κ1) is 34.7. The molecule has 4 amide bonds. The van der Waals surface area contributed by atoms with Crippen molar-refractivity contribution < 1.29 is 39.2 Å². The fourth-order valence-corrected chi connectivity index (χ4v) is 8.09. The summed E-state index contributed by atoms with van der Waals surface area (Å²) < 4.78 is 5.90. The van der Waals surface area contributed by atoms with E-state index in [1.165, 1.54) is 4.90 Å². The van der Waals surface area contributed by atoms with Crippen LogP contribution in [0.3, 0.4) is 0 Å². The smallest absolute Gasteiger partial charge is 0.254 e. The highest BCUT2D eigenvalue weighted by atomic mass is 16.5. The highest BCUT2D eigenvalue weighted by Crippen LogP contribution is 2.33. The molecule has 0 aliphatic carbocycles. The van der Waals surface area contributed by atoms with Crippen LogP contribution in [-0.2, 0) is 30.5 Å². The van der Waals surface area contributed by atoms with E-state index in [1.54, 1.807) is 4.90 Å². The quantitative estimate of drug-likeness (QED) is 0.202. The number of benzene rings is 1. The first-order chi connectivity index (χ1) is 23.1. The Bertz CT molecular complexity index is 1310. The average molecular weight is 671 g/mol. The number of hydrogen-bond donors (Lipinski definition) is 6. The van der Waals surface area contributed by atoms with E-state index in [0.717, 1.165) is 31.5 Å². The van der Waals surface area contributed by atoms with Crippen LogP contribution in [0.1, 0.15) is 44.1 Å². The number of nitrogens with one attached hydrogen (secondary N) is 3. The summed E-state index contributed by atoms with van der Waals surface area (Å²) in [4.78, 5) is 60.3. The number of rotatable bonds is 6. The number of aliphatic hydroxyl groups is 3. The Morgan fingerprint density at radius 2 is 1.71 bits per heavy atom. The Hall–Kier alpha value is -3.14. The molecule has 0 radical (unpaired) electrons. The van der Waals surface area contributed by atoms with Crippen molar-refractivity contribution in [3.63, 3.8) is 0 Å². The monoisotopic (exact) mass is 670 g/mol. The molecule has 5 fully saturated rings. The summed E-state index contributed by atoms with van der Waals surface area (Å²) in [5.41, 5.74) is 0.970. The van der Waals surface area contributed by atoms with Crippen LogP contribution in [0, 0.1) is 11.8 Å². The second kappa shape index (κ2) is 15.2. The van der Waals surface area contributed by atoms with Crippen LogP contribution in [0.15, 0.2) is 30.3 Å². The standard InChI is InChI=1S/C34H50N6O8/c1-38-11-8-23(9-12-38)37-24-10-14-40-27(42)16-22-19-39(13-7-21(22)15-26(41)35-17-20-5-3-2-4-6-20)34(47)32-31(45)30(44)29(43)25(48-32)18-36-33(46)28(24)40/h2-6,21-25,28-32,37,43-45H,7-19H2,1H3,(H,35,41)(H,36,46)/t21-,22-,24+,25-,28-,29-,30+,31+,32-/m0/s1. The molecule has 6 rings (SSSR count). The molecule has 0 aromatic heterocycles. The van der Waals surface area contributed by atoms with E-state index in [0.29, 0.717) is 25.9 Å². The lowest BCUT2D eigenvalue weighted by Crippen LogP contribution is -2.65. The zero-order chi connectivity index (χ0) is 33.9. The maximum absolute atomic E-state index is 14.1. The number of ether oxygens (including phenoxy) is 1. The molecule has 0 saturated carbocycles. The van der Waals surface area contributed by atoms with Gasteiger partial charge in [-0.3, -0.25) is 19.2 Å². The van der Waals surface area contributed by atoms with E-state index in [1.807, 2.05) is 30.3 Å². The summed E-state index contributed by atoms with van der Waals surface area (Å²) in [7, 11) is 2.08. The lowest BCUT2D eigenvalue weighted by Gasteiger charge is -2.45. The number of aliphatic hydroxyl groups excluding tert-OH is 3. The maximum Gasteiger partial charge on any atom is 0.254 e. The van der Waals surface area contributed by atoms with Gasteiger partial charge in [0.05, 0.1) is 0 Å². The fourth-order valence-electron chi connectivity index (χ4n) is 8.09. The van der Waals surface area contributed by atoms with Gasteiger partial charge >= 0.3 is 0 Å². The first-order valence-corrected chi connectivity index (χ1v) is 17.4. The van der Waals surface area contributed by atoms with Crippen LogP contribution in [-0.4, -0.2) is 149 Å². The van der Waals surface area contributed by atoms with Crippen molar-refractivity contribution >= 4 is 23.6 Å². The summed E-state index contributed by atoms with van der Waals surface area (Å²) in [5.74, 6) is -1.93. The second-order valence-corrected chi connectivity index (χ2v) is 14.2. The van der Waals surface area contributed by atoms with E-state index < -0.39 is 54.3 Å². The lowest BCUT2D eigenvalue weighted by molar-refractivity contribution is -0.224. The molecule has 0 unspecified atom stereocenters. The molecule has 9 atom stereocenters. The Kier molecular flexibility index (Phi) is 11.0. The SMILES string of the molecule is CN1CCC(N[C@@H]2CCN3C(=O)C[C@H]4CN(CC[C@H]4CC(=O)NCc4ccccc4)C(=O)[C@H]4O[C@@H](CNC(=O)[C@H]23)[C@H](O)[C@@H](O)[C@H]4O)CC1. The minimum absolute atomic E-state index is 0.0448. The largest absolute Gasteiger partial charge is 0.388 e. The lowest BCUT2D eigenvalue weighted by atomic mass is 9.80. The zero-order valence-electron chi connectivity index (χ0n) is 27.6. The molecule has 0 spiro atoms. The van der Waals surface area contributed by atoms with E-state index in [9.17, 15) is 34.5 Å². The van der Waals surface area contributed by atoms with Crippen LogP contribution in [0.4, 0.5) is 0 Å². The minimum Gasteiger partial charge on any atom is -0.388 e. The molecule has 5 saturated heterocycles. The molecule has 6 N–H and O–H groups in total. The number of hydrogen-bond acceptors (Lipinski definition) is 10. The Labute approximate surface area is 281 Å². The van der Waals surface area contributed by atoms with Crippen LogP contribution >= 0.6 is 0 Å². The predicted molar refractivity (Wildman–Crippen MR) is 173 cm³/mol. The Balaban J connectivity index is 1.23. The van der Waals surface area contributed by atoms with Gasteiger partial charge in [0.2, 0.25) is 17.7 Å². The van der Waals surface area contributed by atoms with Gasteiger partial charge in [-0.2, -0.15) is 0 Å². The number of carbonyl (C=O) groups is 4. The summed E-state index contributed by atoms with van der Waals surface area (Å²) in [6.07, 6.45) is -4.38. The Morgan fingerprint density at radius 1 is 0.958 bits per heavy atom. The van der Waals surface area contributed by atoms with Crippen molar-refractivity contribution in [2.24, 2.45) is 11.8 Å². The molecule has 14 heteroatoms. The maximum atomic E-state index is 14.1. The van der Waals surface area contributed by atoms with Crippen LogP contribution in [0.5, 0.6) is 0 Å². The molecule has 1 aromatic carbocycles. The Morgan fingerprint density at radius 3 is 2.46 bits per heavy atom. The van der Waals surface area contributed by atoms with Gasteiger partial charge in [0.15, 0.2) is 6.10 Å². The summed E-state index contributed by atoms with van der Waals surface area (Å²) >= 11 is 0. The van der Waals surface area contributed by atoms with Gasteiger partial charge in [-0.15, -0.1) is 0 Å². The summed E-state index contributed by atoms with van der Waals surface area (Å²) in [5, 5.41) is 41.7. The van der Waals surface area contributed by atoms with Crippen molar-refractivity contribution in [1.29, 1.82) is 0 Å².